The number of anilines is 1. The van der Waals surface area contributed by atoms with Gasteiger partial charge in [-0.3, -0.25) is 4.72 Å². The maximum atomic E-state index is 12.3. The summed E-state index contributed by atoms with van der Waals surface area (Å²) >= 11 is 0. The molecule has 1 aliphatic heterocycles. The van der Waals surface area contributed by atoms with Crippen LogP contribution in [0.15, 0.2) is 30.3 Å². The minimum absolute atomic E-state index is 0.583. The van der Waals surface area contributed by atoms with Crippen molar-refractivity contribution in [2.45, 2.75) is 26.2 Å². The topological polar surface area (TPSA) is 61.4 Å². The number of rotatable bonds is 7. The summed E-state index contributed by atoms with van der Waals surface area (Å²) in [6.45, 7) is 5.38. The highest BCUT2D eigenvalue weighted by molar-refractivity contribution is 7.90. The molecule has 1 heterocycles. The van der Waals surface area contributed by atoms with Gasteiger partial charge in [0, 0.05) is 18.8 Å². The van der Waals surface area contributed by atoms with Crippen LogP contribution in [-0.4, -0.2) is 38.9 Å². The van der Waals surface area contributed by atoms with Gasteiger partial charge in [-0.05, 0) is 50.4 Å². The zero-order valence-corrected chi connectivity index (χ0v) is 13.4. The molecule has 0 radical (unpaired) electrons. The van der Waals surface area contributed by atoms with Crippen molar-refractivity contribution in [3.8, 4) is 0 Å². The van der Waals surface area contributed by atoms with E-state index in [4.69, 9.17) is 0 Å². The van der Waals surface area contributed by atoms with E-state index in [1.165, 1.54) is 0 Å². The number of benzene rings is 1. The molecule has 0 spiro atoms. The third kappa shape index (κ3) is 4.98. The van der Waals surface area contributed by atoms with Gasteiger partial charge in [0.05, 0.1) is 0 Å². The molecule has 0 amide bonds. The minimum Gasteiger partial charge on any atom is -0.316 e. The van der Waals surface area contributed by atoms with Gasteiger partial charge in [-0.25, -0.2) is 0 Å². The van der Waals surface area contributed by atoms with Crippen LogP contribution in [0.25, 0.3) is 0 Å². The van der Waals surface area contributed by atoms with Gasteiger partial charge >= 0.3 is 10.2 Å². The van der Waals surface area contributed by atoms with Crippen molar-refractivity contribution < 1.29 is 8.42 Å². The van der Waals surface area contributed by atoms with Gasteiger partial charge < -0.3 is 5.32 Å². The van der Waals surface area contributed by atoms with Crippen LogP contribution in [0.1, 0.15) is 26.2 Å². The van der Waals surface area contributed by atoms with E-state index in [9.17, 15) is 8.42 Å². The quantitative estimate of drug-likeness (QED) is 0.758. The van der Waals surface area contributed by atoms with E-state index in [1.807, 2.05) is 18.2 Å². The summed E-state index contributed by atoms with van der Waals surface area (Å²) < 4.78 is 28.8. The van der Waals surface area contributed by atoms with Crippen molar-refractivity contribution >= 4 is 15.9 Å². The standard InChI is InChI=1S/C15H25N3O2S/c1-2-10-16-13-14-8-11-18(12-9-14)21(19,20)17-15-6-4-3-5-7-15/h3-7,14,16-17H,2,8-13H2,1H3. The fourth-order valence-corrected chi connectivity index (χ4v) is 3.81. The third-order valence-electron chi connectivity index (χ3n) is 3.79. The molecule has 1 fully saturated rings. The lowest BCUT2D eigenvalue weighted by atomic mass is 9.98. The number of para-hydroxylation sites is 1. The van der Waals surface area contributed by atoms with Crippen LogP contribution < -0.4 is 10.0 Å². The first-order valence-electron chi connectivity index (χ1n) is 7.65. The highest BCUT2D eigenvalue weighted by Gasteiger charge is 2.27. The summed E-state index contributed by atoms with van der Waals surface area (Å²) in [6, 6.07) is 9.04. The minimum atomic E-state index is -3.42. The van der Waals surface area contributed by atoms with Gasteiger partial charge in [-0.1, -0.05) is 25.1 Å². The Labute approximate surface area is 127 Å². The third-order valence-corrected chi connectivity index (χ3v) is 5.33. The fraction of sp³-hybridized carbons (Fsp3) is 0.600. The highest BCUT2D eigenvalue weighted by atomic mass is 32.2. The van der Waals surface area contributed by atoms with Crippen LogP contribution in [0.4, 0.5) is 5.69 Å². The summed E-state index contributed by atoms with van der Waals surface area (Å²) in [5, 5.41) is 3.41. The molecule has 0 atom stereocenters. The molecule has 1 saturated heterocycles. The molecule has 21 heavy (non-hydrogen) atoms. The van der Waals surface area contributed by atoms with Crippen molar-refractivity contribution in [2.24, 2.45) is 5.92 Å². The van der Waals surface area contributed by atoms with E-state index < -0.39 is 10.2 Å². The Morgan fingerprint density at radius 2 is 1.86 bits per heavy atom. The van der Waals surface area contributed by atoms with Gasteiger partial charge in [0.25, 0.3) is 0 Å². The smallest absolute Gasteiger partial charge is 0.301 e. The normalized spacial score (nSPS) is 17.8. The van der Waals surface area contributed by atoms with Crippen molar-refractivity contribution in [3.05, 3.63) is 30.3 Å². The van der Waals surface area contributed by atoms with Crippen molar-refractivity contribution in [3.63, 3.8) is 0 Å². The van der Waals surface area contributed by atoms with E-state index in [-0.39, 0.29) is 0 Å². The molecule has 118 valence electrons. The predicted octanol–water partition coefficient (Wildman–Crippen LogP) is 2.05. The molecule has 0 unspecified atom stereocenters. The summed E-state index contributed by atoms with van der Waals surface area (Å²) in [6.07, 6.45) is 2.98. The van der Waals surface area contributed by atoms with Gasteiger partial charge in [-0.15, -0.1) is 0 Å². The average molecular weight is 311 g/mol. The van der Waals surface area contributed by atoms with Gasteiger partial charge in [0.2, 0.25) is 0 Å². The van der Waals surface area contributed by atoms with E-state index in [2.05, 4.69) is 17.0 Å². The number of nitrogens with one attached hydrogen (secondary N) is 2. The SMILES string of the molecule is CCCNCC1CCN(S(=O)(=O)Nc2ccccc2)CC1. The number of hydrogen-bond acceptors (Lipinski definition) is 3. The summed E-state index contributed by atoms with van der Waals surface area (Å²) in [5.74, 6) is 0.583. The zero-order valence-electron chi connectivity index (χ0n) is 12.6. The lowest BCUT2D eigenvalue weighted by Gasteiger charge is -2.31. The van der Waals surface area contributed by atoms with E-state index in [0.29, 0.717) is 24.7 Å². The maximum Gasteiger partial charge on any atom is 0.301 e. The molecule has 0 saturated carbocycles. The Bertz CT molecular complexity index is 511. The Morgan fingerprint density at radius 3 is 2.48 bits per heavy atom. The maximum absolute atomic E-state index is 12.3. The van der Waals surface area contributed by atoms with Gasteiger partial charge in [0.1, 0.15) is 0 Å². The van der Waals surface area contributed by atoms with Crippen LogP contribution in [-0.2, 0) is 10.2 Å². The lowest BCUT2D eigenvalue weighted by molar-refractivity contribution is 0.269. The summed E-state index contributed by atoms with van der Waals surface area (Å²) in [7, 11) is -3.42. The van der Waals surface area contributed by atoms with E-state index >= 15 is 0 Å². The zero-order chi connectivity index (χ0) is 15.1. The van der Waals surface area contributed by atoms with E-state index in [0.717, 1.165) is 32.4 Å². The first kappa shape index (κ1) is 16.3. The molecule has 0 aromatic heterocycles. The van der Waals surface area contributed by atoms with Crippen LogP contribution in [0.2, 0.25) is 0 Å². The second-order valence-corrected chi connectivity index (χ2v) is 7.19. The summed E-state index contributed by atoms with van der Waals surface area (Å²) in [4.78, 5) is 0. The number of nitrogens with zero attached hydrogens (tertiary/aromatic N) is 1. The fourth-order valence-electron chi connectivity index (χ4n) is 2.56. The monoisotopic (exact) mass is 311 g/mol. The largest absolute Gasteiger partial charge is 0.316 e. The molecule has 0 aliphatic carbocycles. The molecule has 1 aliphatic rings. The second kappa shape index (κ2) is 7.77. The van der Waals surface area contributed by atoms with Crippen LogP contribution in [0.5, 0.6) is 0 Å². The predicted molar refractivity (Wildman–Crippen MR) is 86.4 cm³/mol. The molecule has 5 nitrogen and oxygen atoms in total. The Kier molecular flexibility index (Phi) is 6.02. The molecular weight excluding hydrogens is 286 g/mol. The summed E-state index contributed by atoms with van der Waals surface area (Å²) in [5.41, 5.74) is 0.615. The number of hydrogen-bond donors (Lipinski definition) is 2. The molecular formula is C15H25N3O2S. The van der Waals surface area contributed by atoms with Crippen molar-refractivity contribution in [2.75, 3.05) is 30.9 Å². The van der Waals surface area contributed by atoms with Gasteiger partial charge in [-0.2, -0.15) is 12.7 Å². The number of piperidine rings is 1. The van der Waals surface area contributed by atoms with E-state index in [1.54, 1.807) is 16.4 Å². The average Bonchev–Trinajstić information content (AvgIpc) is 2.49. The van der Waals surface area contributed by atoms with Crippen molar-refractivity contribution in [1.82, 2.24) is 9.62 Å². The first-order chi connectivity index (χ1) is 10.1. The molecule has 2 N–H and O–H groups in total. The second-order valence-electron chi connectivity index (χ2n) is 5.52. The molecule has 1 aromatic rings. The highest BCUT2D eigenvalue weighted by Crippen LogP contribution is 2.20. The lowest BCUT2D eigenvalue weighted by Crippen LogP contribution is -2.43. The van der Waals surface area contributed by atoms with Gasteiger partial charge in [0.15, 0.2) is 0 Å². The first-order valence-corrected chi connectivity index (χ1v) is 9.09. The van der Waals surface area contributed by atoms with Crippen molar-refractivity contribution in [1.29, 1.82) is 0 Å². The molecule has 0 bridgehead atoms. The Hall–Kier alpha value is -1.11. The van der Waals surface area contributed by atoms with Crippen LogP contribution in [0, 0.1) is 5.92 Å². The Morgan fingerprint density at radius 1 is 1.19 bits per heavy atom. The van der Waals surface area contributed by atoms with Crippen LogP contribution in [0.3, 0.4) is 0 Å². The molecule has 1 aromatic carbocycles. The molecule has 2 rings (SSSR count). The molecule has 6 heteroatoms. The van der Waals surface area contributed by atoms with Crippen LogP contribution >= 0.6 is 0 Å². The Balaban J connectivity index is 1.83.